The Labute approximate surface area is 173 Å². The van der Waals surface area contributed by atoms with Crippen molar-refractivity contribution in [3.63, 3.8) is 0 Å². The second-order valence-corrected chi connectivity index (χ2v) is 10.7. The minimum absolute atomic E-state index is 0.0507. The average Bonchev–Trinajstić information content (AvgIpc) is 3.21. The fraction of sp³-hybridized carbons (Fsp3) is 0.300. The number of hydrogen-bond acceptors (Lipinski definition) is 4. The van der Waals surface area contributed by atoms with Crippen LogP contribution in [0.3, 0.4) is 0 Å². The molecule has 0 aliphatic heterocycles. The van der Waals surface area contributed by atoms with Gasteiger partial charge in [0, 0.05) is 0 Å². The van der Waals surface area contributed by atoms with Crippen molar-refractivity contribution in [2.24, 2.45) is 0 Å². The standard InChI is InChI=1S/C20H20N2O4Se2/c23-19-15-5-1-3-7-17(15)27-21(19)9-11-25-13-14-26-12-10-22-20(24)16-6-2-4-8-18(16)28-22/h1-8H,9-14H2. The van der Waals surface area contributed by atoms with E-state index in [0.29, 0.717) is 39.5 Å². The molecule has 2 aromatic heterocycles. The van der Waals surface area contributed by atoms with Gasteiger partial charge < -0.3 is 0 Å². The van der Waals surface area contributed by atoms with Crippen LogP contribution in [-0.2, 0) is 22.6 Å². The van der Waals surface area contributed by atoms with Crippen molar-refractivity contribution in [2.45, 2.75) is 13.1 Å². The molecule has 0 radical (unpaired) electrons. The first-order chi connectivity index (χ1) is 13.7. The van der Waals surface area contributed by atoms with Gasteiger partial charge in [-0.25, -0.2) is 0 Å². The van der Waals surface area contributed by atoms with E-state index in [1.54, 1.807) is 0 Å². The van der Waals surface area contributed by atoms with Crippen molar-refractivity contribution in [2.75, 3.05) is 26.4 Å². The third kappa shape index (κ3) is 4.33. The van der Waals surface area contributed by atoms with Crippen LogP contribution in [-0.4, -0.2) is 63.0 Å². The van der Waals surface area contributed by atoms with E-state index < -0.39 is 0 Å². The van der Waals surface area contributed by atoms with Crippen LogP contribution < -0.4 is 11.1 Å². The normalized spacial score (nSPS) is 11.6. The zero-order valence-electron chi connectivity index (χ0n) is 15.2. The Bertz CT molecular complexity index is 1090. The summed E-state index contributed by atoms with van der Waals surface area (Å²) in [5.74, 6) is 0. The summed E-state index contributed by atoms with van der Waals surface area (Å²) in [6.07, 6.45) is 0. The molecule has 2 aromatic carbocycles. The van der Waals surface area contributed by atoms with E-state index in [2.05, 4.69) is 0 Å². The van der Waals surface area contributed by atoms with Crippen LogP contribution >= 0.6 is 0 Å². The fourth-order valence-corrected chi connectivity index (χ4v) is 7.05. The van der Waals surface area contributed by atoms with Gasteiger partial charge >= 0.3 is 174 Å². The van der Waals surface area contributed by atoms with Gasteiger partial charge in [-0.3, -0.25) is 0 Å². The van der Waals surface area contributed by atoms with Gasteiger partial charge in [0.15, 0.2) is 0 Å². The molecule has 146 valence electrons. The van der Waals surface area contributed by atoms with E-state index in [1.807, 2.05) is 55.7 Å². The molecule has 0 bridgehead atoms. The first-order valence-corrected chi connectivity index (χ1v) is 12.3. The maximum atomic E-state index is 12.3. The summed E-state index contributed by atoms with van der Waals surface area (Å²) in [4.78, 5) is 24.5. The van der Waals surface area contributed by atoms with Crippen LogP contribution in [0, 0.1) is 0 Å². The predicted octanol–water partition coefficient (Wildman–Crippen LogP) is 1.16. The van der Waals surface area contributed by atoms with Gasteiger partial charge in [0.05, 0.1) is 0 Å². The fourth-order valence-electron chi connectivity index (χ4n) is 2.95. The van der Waals surface area contributed by atoms with Crippen LogP contribution in [0.1, 0.15) is 0 Å². The Kier molecular flexibility index (Phi) is 6.47. The summed E-state index contributed by atoms with van der Waals surface area (Å²) in [7, 11) is 0. The molecule has 6 nitrogen and oxygen atoms in total. The number of nitrogens with zero attached hydrogens (tertiary/aromatic N) is 2. The van der Waals surface area contributed by atoms with Crippen molar-refractivity contribution >= 4 is 48.8 Å². The Balaban J connectivity index is 1.16. The van der Waals surface area contributed by atoms with Crippen molar-refractivity contribution in [1.82, 2.24) is 7.12 Å². The van der Waals surface area contributed by atoms with Crippen molar-refractivity contribution in [1.29, 1.82) is 0 Å². The molecule has 0 saturated heterocycles. The summed E-state index contributed by atoms with van der Waals surface area (Å²) in [6.45, 7) is 3.21. The molecule has 0 aliphatic rings. The van der Waals surface area contributed by atoms with Gasteiger partial charge in [-0.15, -0.1) is 0 Å². The van der Waals surface area contributed by atoms with Crippen LogP contribution in [0.25, 0.3) is 19.3 Å². The van der Waals surface area contributed by atoms with Crippen LogP contribution in [0.15, 0.2) is 58.1 Å². The van der Waals surface area contributed by atoms with E-state index in [9.17, 15) is 9.59 Å². The molecule has 4 rings (SSSR count). The van der Waals surface area contributed by atoms with E-state index in [4.69, 9.17) is 9.47 Å². The first-order valence-electron chi connectivity index (χ1n) is 9.07. The van der Waals surface area contributed by atoms with Gasteiger partial charge in [-0.1, -0.05) is 0 Å². The van der Waals surface area contributed by atoms with Crippen LogP contribution in [0.5, 0.6) is 0 Å². The number of hydrogen-bond donors (Lipinski definition) is 0. The number of aromatic nitrogens is 2. The number of fused-ring (bicyclic) bond motifs is 2. The van der Waals surface area contributed by atoms with Crippen LogP contribution in [0.2, 0.25) is 0 Å². The van der Waals surface area contributed by atoms with Crippen molar-refractivity contribution < 1.29 is 9.47 Å². The second kappa shape index (κ2) is 9.22. The molecule has 0 amide bonds. The predicted molar refractivity (Wildman–Crippen MR) is 112 cm³/mol. The third-order valence-corrected chi connectivity index (χ3v) is 9.06. The molecule has 4 aromatic rings. The quantitative estimate of drug-likeness (QED) is 0.251. The summed E-state index contributed by atoms with van der Waals surface area (Å²) in [5, 5.41) is 1.65. The monoisotopic (exact) mass is 512 g/mol. The third-order valence-electron chi connectivity index (χ3n) is 4.35. The molecule has 0 N–H and O–H groups in total. The second-order valence-electron chi connectivity index (χ2n) is 6.21. The Hall–Kier alpha value is -1.66. The Morgan fingerprint density at radius 1 is 0.643 bits per heavy atom. The van der Waals surface area contributed by atoms with E-state index in [0.717, 1.165) is 19.3 Å². The molecule has 0 saturated carbocycles. The van der Waals surface area contributed by atoms with Crippen molar-refractivity contribution in [3.05, 3.63) is 69.2 Å². The average molecular weight is 510 g/mol. The zero-order chi connectivity index (χ0) is 19.3. The van der Waals surface area contributed by atoms with Gasteiger partial charge in [-0.2, -0.15) is 0 Å². The number of benzene rings is 2. The molecule has 2 heterocycles. The first kappa shape index (κ1) is 19.6. The molecular weight excluding hydrogens is 490 g/mol. The molecule has 0 atom stereocenters. The summed E-state index contributed by atoms with van der Waals surface area (Å²) < 4.78 is 17.2. The van der Waals surface area contributed by atoms with Gasteiger partial charge in [-0.05, 0) is 0 Å². The van der Waals surface area contributed by atoms with E-state index >= 15 is 0 Å². The molecular formula is C20H20N2O4Se2. The van der Waals surface area contributed by atoms with E-state index in [1.165, 1.54) is 0 Å². The molecule has 0 unspecified atom stereocenters. The topological polar surface area (TPSA) is 62.5 Å². The minimum atomic E-state index is 0.0507. The van der Waals surface area contributed by atoms with Gasteiger partial charge in [0.1, 0.15) is 0 Å². The Morgan fingerprint density at radius 3 is 1.50 bits per heavy atom. The summed E-state index contributed by atoms with van der Waals surface area (Å²) in [6, 6.07) is 15.6. The van der Waals surface area contributed by atoms with Crippen molar-refractivity contribution in [3.8, 4) is 0 Å². The summed E-state index contributed by atoms with van der Waals surface area (Å²) in [5.41, 5.74) is 0.210. The maximum absolute atomic E-state index is 12.3. The van der Waals surface area contributed by atoms with Gasteiger partial charge in [0.2, 0.25) is 0 Å². The van der Waals surface area contributed by atoms with Gasteiger partial charge in [0.25, 0.3) is 0 Å². The number of rotatable bonds is 9. The number of ether oxygens (including phenoxy) is 2. The van der Waals surface area contributed by atoms with Crippen LogP contribution in [0.4, 0.5) is 0 Å². The molecule has 28 heavy (non-hydrogen) atoms. The SMILES string of the molecule is O=c1c2ccccc2[se]n1CCOCCOCCn1[se]c2ccccc2c1=O. The molecule has 0 spiro atoms. The Morgan fingerprint density at radius 2 is 1.07 bits per heavy atom. The van der Waals surface area contributed by atoms with E-state index in [-0.39, 0.29) is 40.6 Å². The molecule has 0 aliphatic carbocycles. The zero-order valence-corrected chi connectivity index (χ0v) is 18.6. The molecule has 8 heteroatoms. The summed E-state index contributed by atoms with van der Waals surface area (Å²) >= 11 is 0.101. The molecule has 0 fully saturated rings.